The van der Waals surface area contributed by atoms with E-state index in [2.05, 4.69) is 5.32 Å². The Morgan fingerprint density at radius 1 is 1.40 bits per heavy atom. The first kappa shape index (κ1) is 7.98. The van der Waals surface area contributed by atoms with E-state index in [0.29, 0.717) is 0 Å². The van der Waals surface area contributed by atoms with E-state index in [4.69, 9.17) is 9.47 Å². The summed E-state index contributed by atoms with van der Waals surface area (Å²) in [6.45, 7) is 4.40. The number of nitrogens with one attached hydrogen (secondary N) is 1. The summed E-state index contributed by atoms with van der Waals surface area (Å²) in [5, 5.41) is 3.06. The quantitative estimate of drug-likeness (QED) is 0.622. The molecule has 0 aromatic heterocycles. The van der Waals surface area contributed by atoms with Gasteiger partial charge in [-0.2, -0.15) is 0 Å². The highest BCUT2D eigenvalue weighted by Gasteiger charge is 2.29. The van der Waals surface area contributed by atoms with Gasteiger partial charge in [-0.05, 0) is 20.5 Å². The zero-order chi connectivity index (χ0) is 7.45. The van der Waals surface area contributed by atoms with Gasteiger partial charge in [-0.1, -0.05) is 0 Å². The van der Waals surface area contributed by atoms with E-state index in [9.17, 15) is 0 Å². The summed E-state index contributed by atoms with van der Waals surface area (Å²) in [4.78, 5) is 0. The summed E-state index contributed by atoms with van der Waals surface area (Å²) in [6.07, 6.45) is 0.920. The van der Waals surface area contributed by atoms with Crippen LogP contribution >= 0.6 is 0 Å². The normalized spacial score (nSPS) is 23.4. The highest BCUT2D eigenvalue weighted by Crippen LogP contribution is 2.21. The molecule has 0 saturated carbocycles. The fourth-order valence-electron chi connectivity index (χ4n) is 1.05. The maximum Gasteiger partial charge on any atom is 0.166 e. The van der Waals surface area contributed by atoms with Crippen LogP contribution in [0.15, 0.2) is 0 Å². The monoisotopic (exact) mass is 145 g/mol. The molecule has 0 aliphatic carbocycles. The summed E-state index contributed by atoms with van der Waals surface area (Å²) in [5.41, 5.74) is 0. The van der Waals surface area contributed by atoms with Crippen molar-refractivity contribution in [1.29, 1.82) is 0 Å². The predicted octanol–water partition coefficient (Wildman–Crippen LogP) is 0.359. The molecule has 0 atom stereocenters. The second-order valence-electron chi connectivity index (χ2n) is 2.68. The molecule has 0 radical (unpaired) electrons. The fourth-order valence-corrected chi connectivity index (χ4v) is 1.05. The lowest BCUT2D eigenvalue weighted by Gasteiger charge is -2.21. The fraction of sp³-hybridized carbons (Fsp3) is 1.00. The van der Waals surface area contributed by atoms with Crippen molar-refractivity contribution in [3.05, 3.63) is 0 Å². The van der Waals surface area contributed by atoms with Crippen LogP contribution in [-0.4, -0.2) is 32.6 Å². The van der Waals surface area contributed by atoms with Gasteiger partial charge in [-0.3, -0.25) is 0 Å². The number of hydrogen-bond donors (Lipinski definition) is 1. The van der Waals surface area contributed by atoms with Gasteiger partial charge < -0.3 is 14.8 Å². The Bertz CT molecular complexity index is 99.8. The smallest absolute Gasteiger partial charge is 0.166 e. The Hall–Kier alpha value is -0.120. The average molecular weight is 145 g/mol. The zero-order valence-corrected chi connectivity index (χ0v) is 6.64. The molecule has 1 rings (SSSR count). The van der Waals surface area contributed by atoms with Crippen LogP contribution in [0.4, 0.5) is 0 Å². The van der Waals surface area contributed by atoms with Gasteiger partial charge >= 0.3 is 0 Å². The Balaban J connectivity index is 2.22. The molecule has 1 fully saturated rings. The topological polar surface area (TPSA) is 30.5 Å². The standard InChI is InChI=1S/C7H15NO2/c1-7(3-4-8-2)9-5-6-10-7/h8H,3-6H2,1-2H3. The minimum absolute atomic E-state index is 0.316. The van der Waals surface area contributed by atoms with Gasteiger partial charge in [-0.25, -0.2) is 0 Å². The molecule has 0 bridgehead atoms. The van der Waals surface area contributed by atoms with Crippen molar-refractivity contribution in [2.45, 2.75) is 19.1 Å². The van der Waals surface area contributed by atoms with E-state index in [1.165, 1.54) is 0 Å². The largest absolute Gasteiger partial charge is 0.348 e. The van der Waals surface area contributed by atoms with E-state index in [1.54, 1.807) is 0 Å². The molecule has 0 amide bonds. The van der Waals surface area contributed by atoms with Gasteiger partial charge in [0.15, 0.2) is 5.79 Å². The van der Waals surface area contributed by atoms with Crippen molar-refractivity contribution >= 4 is 0 Å². The van der Waals surface area contributed by atoms with E-state index < -0.39 is 0 Å². The van der Waals surface area contributed by atoms with E-state index in [0.717, 1.165) is 26.2 Å². The van der Waals surface area contributed by atoms with Crippen LogP contribution in [0.5, 0.6) is 0 Å². The third-order valence-electron chi connectivity index (χ3n) is 1.73. The highest BCUT2D eigenvalue weighted by atomic mass is 16.7. The number of ether oxygens (including phenoxy) is 2. The van der Waals surface area contributed by atoms with Crippen molar-refractivity contribution < 1.29 is 9.47 Å². The SMILES string of the molecule is CNCCC1(C)OCCO1. The minimum Gasteiger partial charge on any atom is -0.348 e. The van der Waals surface area contributed by atoms with Crippen LogP contribution in [0.25, 0.3) is 0 Å². The molecule has 0 aromatic rings. The van der Waals surface area contributed by atoms with E-state index in [1.807, 2.05) is 14.0 Å². The second kappa shape index (κ2) is 3.32. The number of rotatable bonds is 3. The molecule has 60 valence electrons. The summed E-state index contributed by atoms with van der Waals surface area (Å²) < 4.78 is 10.8. The lowest BCUT2D eigenvalue weighted by molar-refractivity contribution is -0.145. The molecule has 0 spiro atoms. The first-order valence-electron chi connectivity index (χ1n) is 3.69. The van der Waals surface area contributed by atoms with E-state index >= 15 is 0 Å². The first-order chi connectivity index (χ1) is 4.77. The molecule has 0 aromatic carbocycles. The Morgan fingerprint density at radius 3 is 2.50 bits per heavy atom. The van der Waals surface area contributed by atoms with Crippen LogP contribution in [-0.2, 0) is 9.47 Å². The van der Waals surface area contributed by atoms with Gasteiger partial charge in [0.1, 0.15) is 0 Å². The lowest BCUT2D eigenvalue weighted by atomic mass is 10.2. The van der Waals surface area contributed by atoms with Crippen molar-refractivity contribution in [3.8, 4) is 0 Å². The van der Waals surface area contributed by atoms with Crippen LogP contribution in [0, 0.1) is 0 Å². The Labute approximate surface area is 61.7 Å². The molecule has 0 unspecified atom stereocenters. The number of hydrogen-bond acceptors (Lipinski definition) is 3. The van der Waals surface area contributed by atoms with Crippen LogP contribution in [0.1, 0.15) is 13.3 Å². The minimum atomic E-state index is -0.316. The Morgan fingerprint density at radius 2 is 2.00 bits per heavy atom. The zero-order valence-electron chi connectivity index (χ0n) is 6.64. The molecular formula is C7H15NO2. The molecule has 1 aliphatic heterocycles. The van der Waals surface area contributed by atoms with Gasteiger partial charge in [0.2, 0.25) is 0 Å². The lowest BCUT2D eigenvalue weighted by Crippen LogP contribution is -2.29. The molecular weight excluding hydrogens is 130 g/mol. The van der Waals surface area contributed by atoms with Gasteiger partial charge in [0.25, 0.3) is 0 Å². The van der Waals surface area contributed by atoms with Gasteiger partial charge in [0.05, 0.1) is 13.2 Å². The average Bonchev–Trinajstić information content (AvgIpc) is 2.33. The Kier molecular flexibility index (Phi) is 2.65. The molecule has 1 N–H and O–H groups in total. The van der Waals surface area contributed by atoms with Gasteiger partial charge in [-0.15, -0.1) is 0 Å². The molecule has 1 saturated heterocycles. The van der Waals surface area contributed by atoms with Crippen LogP contribution in [0.2, 0.25) is 0 Å². The third kappa shape index (κ3) is 1.94. The molecule has 3 heteroatoms. The second-order valence-corrected chi connectivity index (χ2v) is 2.68. The van der Waals surface area contributed by atoms with Crippen molar-refractivity contribution in [3.63, 3.8) is 0 Å². The highest BCUT2D eigenvalue weighted by molar-refractivity contribution is 4.68. The van der Waals surface area contributed by atoms with Crippen molar-refractivity contribution in [1.82, 2.24) is 5.32 Å². The molecule has 1 aliphatic rings. The molecule has 1 heterocycles. The maximum absolute atomic E-state index is 5.38. The maximum atomic E-state index is 5.38. The van der Waals surface area contributed by atoms with Crippen LogP contribution in [0.3, 0.4) is 0 Å². The van der Waals surface area contributed by atoms with Gasteiger partial charge in [0, 0.05) is 6.42 Å². The predicted molar refractivity (Wildman–Crippen MR) is 38.9 cm³/mol. The summed E-state index contributed by atoms with van der Waals surface area (Å²) in [5.74, 6) is -0.316. The molecule has 10 heavy (non-hydrogen) atoms. The third-order valence-corrected chi connectivity index (χ3v) is 1.73. The molecule has 3 nitrogen and oxygen atoms in total. The summed E-state index contributed by atoms with van der Waals surface area (Å²) in [6, 6.07) is 0. The van der Waals surface area contributed by atoms with Crippen LogP contribution < -0.4 is 5.32 Å². The van der Waals surface area contributed by atoms with E-state index in [-0.39, 0.29) is 5.79 Å². The van der Waals surface area contributed by atoms with Crippen molar-refractivity contribution in [2.24, 2.45) is 0 Å². The summed E-state index contributed by atoms with van der Waals surface area (Å²) in [7, 11) is 1.93. The summed E-state index contributed by atoms with van der Waals surface area (Å²) >= 11 is 0. The first-order valence-corrected chi connectivity index (χ1v) is 3.69. The van der Waals surface area contributed by atoms with Crippen molar-refractivity contribution in [2.75, 3.05) is 26.8 Å².